The maximum absolute atomic E-state index is 6.15. The topological polar surface area (TPSA) is 35.2 Å². The molecule has 1 rings (SSSR count). The highest BCUT2D eigenvalue weighted by molar-refractivity contribution is 4.81. The number of hydrogen-bond donors (Lipinski definition) is 1. The van der Waals surface area contributed by atoms with Crippen LogP contribution in [-0.2, 0) is 4.74 Å². The van der Waals surface area contributed by atoms with E-state index in [2.05, 4.69) is 13.8 Å². The van der Waals surface area contributed by atoms with Gasteiger partial charge in [0.2, 0.25) is 0 Å². The molecule has 0 aromatic carbocycles. The number of rotatable bonds is 10. The van der Waals surface area contributed by atoms with Crippen LogP contribution >= 0.6 is 0 Å². The summed E-state index contributed by atoms with van der Waals surface area (Å²) in [6, 6.07) is 0. The van der Waals surface area contributed by atoms with Crippen molar-refractivity contribution in [2.75, 3.05) is 13.2 Å². The van der Waals surface area contributed by atoms with Gasteiger partial charge in [0.25, 0.3) is 0 Å². The maximum Gasteiger partial charge on any atom is 0.0617 e. The molecule has 1 saturated carbocycles. The number of ether oxygens (including phenoxy) is 1. The quantitative estimate of drug-likeness (QED) is 0.592. The predicted molar refractivity (Wildman–Crippen MR) is 83.3 cm³/mol. The van der Waals surface area contributed by atoms with Crippen LogP contribution in [0.4, 0.5) is 0 Å². The first kappa shape index (κ1) is 17.0. The molecule has 0 aliphatic heterocycles. The van der Waals surface area contributed by atoms with Crippen LogP contribution in [0.15, 0.2) is 0 Å². The first-order valence-corrected chi connectivity index (χ1v) is 8.63. The Hall–Kier alpha value is -0.0800. The van der Waals surface area contributed by atoms with E-state index in [0.717, 1.165) is 19.1 Å². The van der Waals surface area contributed by atoms with Crippen molar-refractivity contribution in [3.63, 3.8) is 0 Å². The fourth-order valence-electron chi connectivity index (χ4n) is 3.24. The molecule has 1 aliphatic carbocycles. The summed E-state index contributed by atoms with van der Waals surface area (Å²) < 4.78 is 6.15. The molecule has 19 heavy (non-hydrogen) atoms. The molecule has 1 aliphatic rings. The molecule has 3 unspecified atom stereocenters. The summed E-state index contributed by atoms with van der Waals surface area (Å²) in [7, 11) is 0. The molecule has 2 N–H and O–H groups in total. The van der Waals surface area contributed by atoms with Crippen LogP contribution in [0.5, 0.6) is 0 Å². The molecule has 1 fully saturated rings. The minimum Gasteiger partial charge on any atom is -0.378 e. The van der Waals surface area contributed by atoms with Gasteiger partial charge in [0.1, 0.15) is 0 Å². The van der Waals surface area contributed by atoms with Gasteiger partial charge in [-0.3, -0.25) is 0 Å². The molecule has 0 bridgehead atoms. The minimum atomic E-state index is 0.444. The van der Waals surface area contributed by atoms with Crippen LogP contribution < -0.4 is 5.73 Å². The molecule has 114 valence electrons. The second-order valence-corrected chi connectivity index (χ2v) is 6.26. The van der Waals surface area contributed by atoms with Gasteiger partial charge in [-0.2, -0.15) is 0 Å². The molecule has 0 amide bonds. The van der Waals surface area contributed by atoms with E-state index >= 15 is 0 Å². The molecule has 0 aromatic rings. The molecule has 2 nitrogen and oxygen atoms in total. The van der Waals surface area contributed by atoms with Crippen molar-refractivity contribution < 1.29 is 4.74 Å². The van der Waals surface area contributed by atoms with E-state index in [0.29, 0.717) is 12.0 Å². The van der Waals surface area contributed by atoms with E-state index in [9.17, 15) is 0 Å². The fourth-order valence-corrected chi connectivity index (χ4v) is 3.24. The Morgan fingerprint density at radius 1 is 1.00 bits per heavy atom. The Labute approximate surface area is 120 Å². The molecular weight excluding hydrogens is 234 g/mol. The van der Waals surface area contributed by atoms with Gasteiger partial charge in [0.15, 0.2) is 0 Å². The molecule has 0 heterocycles. The lowest BCUT2D eigenvalue weighted by atomic mass is 9.78. The van der Waals surface area contributed by atoms with Crippen molar-refractivity contribution in [2.45, 2.75) is 84.2 Å². The van der Waals surface area contributed by atoms with Crippen molar-refractivity contribution in [3.8, 4) is 0 Å². The fraction of sp³-hybridized carbons (Fsp3) is 1.00. The summed E-state index contributed by atoms with van der Waals surface area (Å²) >= 11 is 0. The van der Waals surface area contributed by atoms with Gasteiger partial charge in [-0.15, -0.1) is 0 Å². The van der Waals surface area contributed by atoms with Crippen molar-refractivity contribution >= 4 is 0 Å². The molecule has 3 atom stereocenters. The van der Waals surface area contributed by atoms with E-state index < -0.39 is 0 Å². The van der Waals surface area contributed by atoms with E-state index in [1.165, 1.54) is 64.2 Å². The SMILES string of the molecule is CCCCCCCCOC1CC(CC)CCC1CN. The summed E-state index contributed by atoms with van der Waals surface area (Å²) in [5.41, 5.74) is 5.89. The number of hydrogen-bond acceptors (Lipinski definition) is 2. The van der Waals surface area contributed by atoms with Crippen LogP contribution in [0.3, 0.4) is 0 Å². The van der Waals surface area contributed by atoms with Crippen LogP contribution in [0.25, 0.3) is 0 Å². The zero-order valence-corrected chi connectivity index (χ0v) is 13.2. The van der Waals surface area contributed by atoms with Crippen LogP contribution in [0.1, 0.15) is 78.1 Å². The van der Waals surface area contributed by atoms with Gasteiger partial charge < -0.3 is 10.5 Å². The van der Waals surface area contributed by atoms with E-state index in [1.54, 1.807) is 0 Å². The third-order valence-electron chi connectivity index (χ3n) is 4.75. The normalized spacial score (nSPS) is 27.6. The highest BCUT2D eigenvalue weighted by Crippen LogP contribution is 2.32. The molecule has 0 spiro atoms. The zero-order valence-electron chi connectivity index (χ0n) is 13.2. The molecule has 0 saturated heterocycles. The van der Waals surface area contributed by atoms with E-state index in [4.69, 9.17) is 10.5 Å². The van der Waals surface area contributed by atoms with Crippen LogP contribution in [0.2, 0.25) is 0 Å². The Morgan fingerprint density at radius 3 is 2.42 bits per heavy atom. The summed E-state index contributed by atoms with van der Waals surface area (Å²) in [6.45, 7) is 6.32. The highest BCUT2D eigenvalue weighted by atomic mass is 16.5. The van der Waals surface area contributed by atoms with Gasteiger partial charge in [0.05, 0.1) is 6.10 Å². The average molecular weight is 269 g/mol. The van der Waals surface area contributed by atoms with Gasteiger partial charge in [-0.1, -0.05) is 52.4 Å². The lowest BCUT2D eigenvalue weighted by Gasteiger charge is -2.35. The molecule has 0 radical (unpaired) electrons. The van der Waals surface area contributed by atoms with Gasteiger partial charge in [-0.05, 0) is 44.1 Å². The summed E-state index contributed by atoms with van der Waals surface area (Å²) in [5, 5.41) is 0. The van der Waals surface area contributed by atoms with Gasteiger partial charge in [-0.25, -0.2) is 0 Å². The van der Waals surface area contributed by atoms with Crippen molar-refractivity contribution in [1.29, 1.82) is 0 Å². The average Bonchev–Trinajstić information content (AvgIpc) is 2.46. The first-order valence-electron chi connectivity index (χ1n) is 8.63. The van der Waals surface area contributed by atoms with Crippen molar-refractivity contribution in [3.05, 3.63) is 0 Å². The zero-order chi connectivity index (χ0) is 13.9. The second-order valence-electron chi connectivity index (χ2n) is 6.26. The second kappa shape index (κ2) is 10.7. The third-order valence-corrected chi connectivity index (χ3v) is 4.75. The van der Waals surface area contributed by atoms with Crippen LogP contribution in [-0.4, -0.2) is 19.3 Å². The number of nitrogens with two attached hydrogens (primary N) is 1. The van der Waals surface area contributed by atoms with E-state index in [1.807, 2.05) is 0 Å². The molecular formula is C17H35NO. The minimum absolute atomic E-state index is 0.444. The monoisotopic (exact) mass is 269 g/mol. The maximum atomic E-state index is 6.15. The smallest absolute Gasteiger partial charge is 0.0617 e. The Bertz CT molecular complexity index is 207. The Morgan fingerprint density at radius 2 is 1.74 bits per heavy atom. The highest BCUT2D eigenvalue weighted by Gasteiger charge is 2.29. The predicted octanol–water partition coefficient (Wildman–Crippen LogP) is 4.52. The van der Waals surface area contributed by atoms with E-state index in [-0.39, 0.29) is 0 Å². The Kier molecular flexibility index (Phi) is 9.54. The molecule has 2 heteroatoms. The van der Waals surface area contributed by atoms with Gasteiger partial charge >= 0.3 is 0 Å². The third kappa shape index (κ3) is 6.76. The lowest BCUT2D eigenvalue weighted by Crippen LogP contribution is -2.36. The first-order chi connectivity index (χ1) is 9.31. The lowest BCUT2D eigenvalue weighted by molar-refractivity contribution is -0.0251. The number of unbranched alkanes of at least 4 members (excludes halogenated alkanes) is 5. The van der Waals surface area contributed by atoms with Crippen LogP contribution in [0, 0.1) is 11.8 Å². The largest absolute Gasteiger partial charge is 0.378 e. The molecule has 0 aromatic heterocycles. The summed E-state index contributed by atoms with van der Waals surface area (Å²) in [6.07, 6.45) is 13.7. The Balaban J connectivity index is 2.11. The van der Waals surface area contributed by atoms with Crippen molar-refractivity contribution in [1.82, 2.24) is 0 Å². The summed E-state index contributed by atoms with van der Waals surface area (Å²) in [5.74, 6) is 1.49. The standard InChI is InChI=1S/C17H35NO/c1-3-5-6-7-8-9-12-19-17-13-15(4-2)10-11-16(17)14-18/h15-17H,3-14,18H2,1-2H3. The van der Waals surface area contributed by atoms with Gasteiger partial charge in [0, 0.05) is 6.61 Å². The summed E-state index contributed by atoms with van der Waals surface area (Å²) in [4.78, 5) is 0. The van der Waals surface area contributed by atoms with Crippen molar-refractivity contribution in [2.24, 2.45) is 17.6 Å².